The van der Waals surface area contributed by atoms with Crippen LogP contribution < -0.4 is 10.1 Å². The maximum atomic E-state index is 11.8. The number of thioether (sulfide) groups is 1. The summed E-state index contributed by atoms with van der Waals surface area (Å²) in [5.74, 6) is 0.859. The highest BCUT2D eigenvalue weighted by atomic mass is 32.2. The van der Waals surface area contributed by atoms with Crippen molar-refractivity contribution in [2.75, 3.05) is 26.0 Å². The molecule has 0 atom stereocenters. The lowest BCUT2D eigenvalue weighted by Crippen LogP contribution is -2.31. The van der Waals surface area contributed by atoms with E-state index in [4.69, 9.17) is 9.47 Å². The molecule has 0 fully saturated rings. The van der Waals surface area contributed by atoms with Gasteiger partial charge in [-0.3, -0.25) is 9.59 Å². The van der Waals surface area contributed by atoms with Gasteiger partial charge in [-0.05, 0) is 31.2 Å². The Morgan fingerprint density at radius 2 is 1.96 bits per heavy atom. The number of rotatable bonds is 8. The predicted octanol–water partition coefficient (Wildman–Crippen LogP) is 1.26. The number of benzene rings is 1. The molecule has 134 valence electrons. The third-order valence-electron chi connectivity index (χ3n) is 3.25. The van der Waals surface area contributed by atoms with E-state index in [0.717, 1.165) is 11.3 Å². The molecular weight excluding hydrogens is 344 g/mol. The molecular formula is C16H20N4O4S. The third-order valence-corrected chi connectivity index (χ3v) is 4.27. The number of nitrogens with zero attached hydrogens (tertiary/aromatic N) is 3. The highest BCUT2D eigenvalue weighted by Crippen LogP contribution is 2.24. The molecule has 0 bridgehead atoms. The fourth-order valence-electron chi connectivity index (χ4n) is 2.00. The summed E-state index contributed by atoms with van der Waals surface area (Å²) in [7, 11) is 3.44. The second-order valence-corrected chi connectivity index (χ2v) is 5.91. The van der Waals surface area contributed by atoms with E-state index in [2.05, 4.69) is 15.5 Å². The lowest BCUT2D eigenvalue weighted by atomic mass is 10.2. The van der Waals surface area contributed by atoms with Gasteiger partial charge >= 0.3 is 5.97 Å². The summed E-state index contributed by atoms with van der Waals surface area (Å²) < 4.78 is 11.7. The quantitative estimate of drug-likeness (QED) is 0.556. The van der Waals surface area contributed by atoms with Crippen molar-refractivity contribution in [2.24, 2.45) is 7.05 Å². The van der Waals surface area contributed by atoms with Gasteiger partial charge in [-0.15, -0.1) is 10.2 Å². The third kappa shape index (κ3) is 5.21. The largest absolute Gasteiger partial charge is 0.497 e. The van der Waals surface area contributed by atoms with Crippen LogP contribution in [0, 0.1) is 0 Å². The standard InChI is InChI=1S/C16H20N4O4S/c1-4-24-14(22)9-17-13(21)10-25-16-19-18-15(20(16)2)11-5-7-12(23-3)8-6-11/h5-8H,4,9-10H2,1-3H3,(H,17,21). The minimum absolute atomic E-state index is 0.133. The number of carbonyl (C=O) groups is 2. The molecule has 0 saturated carbocycles. The first-order chi connectivity index (χ1) is 12.0. The molecule has 0 spiro atoms. The monoisotopic (exact) mass is 364 g/mol. The molecule has 0 unspecified atom stereocenters. The van der Waals surface area contributed by atoms with Gasteiger partial charge in [0.1, 0.15) is 12.3 Å². The van der Waals surface area contributed by atoms with Crippen molar-refractivity contribution in [3.8, 4) is 17.1 Å². The lowest BCUT2D eigenvalue weighted by Gasteiger charge is -2.06. The summed E-state index contributed by atoms with van der Waals surface area (Å²) in [6.07, 6.45) is 0. The van der Waals surface area contributed by atoms with Crippen LogP contribution in [0.15, 0.2) is 29.4 Å². The first-order valence-corrected chi connectivity index (χ1v) is 8.62. The van der Waals surface area contributed by atoms with Crippen LogP contribution in [0.1, 0.15) is 6.92 Å². The van der Waals surface area contributed by atoms with Crippen LogP contribution >= 0.6 is 11.8 Å². The average Bonchev–Trinajstić information content (AvgIpc) is 2.99. The summed E-state index contributed by atoms with van der Waals surface area (Å²) in [5.41, 5.74) is 0.898. The van der Waals surface area contributed by atoms with E-state index < -0.39 is 5.97 Å². The van der Waals surface area contributed by atoms with E-state index in [1.54, 1.807) is 14.0 Å². The molecule has 1 amide bonds. The smallest absolute Gasteiger partial charge is 0.325 e. The number of ether oxygens (including phenoxy) is 2. The number of hydrogen-bond donors (Lipinski definition) is 1. The predicted molar refractivity (Wildman–Crippen MR) is 93.4 cm³/mol. The van der Waals surface area contributed by atoms with Crippen molar-refractivity contribution in [1.82, 2.24) is 20.1 Å². The summed E-state index contributed by atoms with van der Waals surface area (Å²) in [6, 6.07) is 7.48. The van der Waals surface area contributed by atoms with Gasteiger partial charge in [-0.2, -0.15) is 0 Å². The van der Waals surface area contributed by atoms with Crippen molar-refractivity contribution in [1.29, 1.82) is 0 Å². The summed E-state index contributed by atoms with van der Waals surface area (Å²) in [4.78, 5) is 23.0. The van der Waals surface area contributed by atoms with E-state index >= 15 is 0 Å². The van der Waals surface area contributed by atoms with Crippen molar-refractivity contribution < 1.29 is 19.1 Å². The van der Waals surface area contributed by atoms with Gasteiger partial charge < -0.3 is 19.4 Å². The number of esters is 1. The Balaban J connectivity index is 1.92. The number of methoxy groups -OCH3 is 1. The molecule has 1 N–H and O–H groups in total. The van der Waals surface area contributed by atoms with Gasteiger partial charge in [0.25, 0.3) is 0 Å². The normalized spacial score (nSPS) is 10.4. The maximum Gasteiger partial charge on any atom is 0.325 e. The van der Waals surface area contributed by atoms with Gasteiger partial charge in [-0.1, -0.05) is 11.8 Å². The van der Waals surface area contributed by atoms with Crippen LogP contribution in [0.5, 0.6) is 5.75 Å². The van der Waals surface area contributed by atoms with E-state index in [0.29, 0.717) is 11.0 Å². The van der Waals surface area contributed by atoms with Crippen LogP contribution in [0.2, 0.25) is 0 Å². The number of carbonyl (C=O) groups excluding carboxylic acids is 2. The fourth-order valence-corrected chi connectivity index (χ4v) is 2.74. The zero-order valence-electron chi connectivity index (χ0n) is 14.3. The molecule has 2 rings (SSSR count). The highest BCUT2D eigenvalue weighted by molar-refractivity contribution is 7.99. The zero-order chi connectivity index (χ0) is 18.2. The van der Waals surface area contributed by atoms with Gasteiger partial charge in [0.15, 0.2) is 11.0 Å². The summed E-state index contributed by atoms with van der Waals surface area (Å²) in [6.45, 7) is 1.86. The molecule has 0 aliphatic rings. The van der Waals surface area contributed by atoms with Crippen LogP contribution in [-0.4, -0.2) is 52.7 Å². The van der Waals surface area contributed by atoms with Crippen LogP contribution in [0.3, 0.4) is 0 Å². The Bertz CT molecular complexity index is 730. The lowest BCUT2D eigenvalue weighted by molar-refractivity contribution is -0.143. The molecule has 1 aromatic carbocycles. The fraction of sp³-hybridized carbons (Fsp3) is 0.375. The van der Waals surface area contributed by atoms with Gasteiger partial charge in [0.2, 0.25) is 5.91 Å². The summed E-state index contributed by atoms with van der Waals surface area (Å²) in [5, 5.41) is 11.4. The minimum Gasteiger partial charge on any atom is -0.497 e. The molecule has 1 heterocycles. The van der Waals surface area contributed by atoms with E-state index in [1.807, 2.05) is 35.9 Å². The highest BCUT2D eigenvalue weighted by Gasteiger charge is 2.13. The van der Waals surface area contributed by atoms with Crippen molar-refractivity contribution >= 4 is 23.6 Å². The Hall–Kier alpha value is -2.55. The minimum atomic E-state index is -0.457. The van der Waals surface area contributed by atoms with E-state index in [9.17, 15) is 9.59 Å². The Kier molecular flexibility index (Phi) is 6.81. The molecule has 8 nitrogen and oxygen atoms in total. The Morgan fingerprint density at radius 1 is 1.24 bits per heavy atom. The number of aromatic nitrogens is 3. The first-order valence-electron chi connectivity index (χ1n) is 7.64. The number of hydrogen-bond acceptors (Lipinski definition) is 7. The summed E-state index contributed by atoms with van der Waals surface area (Å²) >= 11 is 1.24. The van der Waals surface area contributed by atoms with Crippen molar-refractivity contribution in [2.45, 2.75) is 12.1 Å². The molecule has 0 saturated heterocycles. The van der Waals surface area contributed by atoms with Gasteiger partial charge in [-0.25, -0.2) is 0 Å². The maximum absolute atomic E-state index is 11.8. The van der Waals surface area contributed by atoms with Crippen molar-refractivity contribution in [3.63, 3.8) is 0 Å². The second kappa shape index (κ2) is 9.07. The average molecular weight is 364 g/mol. The second-order valence-electron chi connectivity index (χ2n) is 4.96. The van der Waals surface area contributed by atoms with E-state index in [1.165, 1.54) is 11.8 Å². The van der Waals surface area contributed by atoms with Gasteiger partial charge in [0.05, 0.1) is 19.5 Å². The Labute approximate surface area is 149 Å². The van der Waals surface area contributed by atoms with E-state index in [-0.39, 0.29) is 24.8 Å². The first kappa shape index (κ1) is 18.8. The Morgan fingerprint density at radius 3 is 2.60 bits per heavy atom. The molecule has 9 heteroatoms. The molecule has 2 aromatic rings. The molecule has 0 aliphatic carbocycles. The molecule has 1 aromatic heterocycles. The van der Waals surface area contributed by atoms with Crippen molar-refractivity contribution in [3.05, 3.63) is 24.3 Å². The molecule has 0 aliphatic heterocycles. The van der Waals surface area contributed by atoms with Gasteiger partial charge in [0, 0.05) is 12.6 Å². The van der Waals surface area contributed by atoms with Crippen LogP contribution in [0.4, 0.5) is 0 Å². The van der Waals surface area contributed by atoms with Crippen LogP contribution in [-0.2, 0) is 21.4 Å². The van der Waals surface area contributed by atoms with Crippen LogP contribution in [0.25, 0.3) is 11.4 Å². The number of nitrogens with one attached hydrogen (secondary N) is 1. The topological polar surface area (TPSA) is 95.3 Å². The molecule has 25 heavy (non-hydrogen) atoms. The zero-order valence-corrected chi connectivity index (χ0v) is 15.1. The molecule has 0 radical (unpaired) electrons. The number of amides is 1. The SMILES string of the molecule is CCOC(=O)CNC(=O)CSc1nnc(-c2ccc(OC)cc2)n1C.